The fraction of sp³-hybridized carbons (Fsp3) is 0.276. The Labute approximate surface area is 228 Å². The van der Waals surface area contributed by atoms with Crippen molar-refractivity contribution in [2.45, 2.75) is 38.5 Å². The van der Waals surface area contributed by atoms with Gasteiger partial charge in [-0.25, -0.2) is 9.78 Å². The Hall–Kier alpha value is -4.77. The first-order valence-electron chi connectivity index (χ1n) is 12.9. The fourth-order valence-electron chi connectivity index (χ4n) is 5.45. The molecule has 204 valence electrons. The number of hydrogen-bond donors (Lipinski definition) is 2. The summed E-state index contributed by atoms with van der Waals surface area (Å²) in [7, 11) is 1.61. The van der Waals surface area contributed by atoms with Crippen molar-refractivity contribution in [1.29, 1.82) is 0 Å². The minimum absolute atomic E-state index is 0.0473. The third-order valence-electron chi connectivity index (χ3n) is 7.69. The van der Waals surface area contributed by atoms with Crippen LogP contribution in [0.3, 0.4) is 0 Å². The van der Waals surface area contributed by atoms with Crippen molar-refractivity contribution in [2.75, 3.05) is 19.0 Å². The summed E-state index contributed by atoms with van der Waals surface area (Å²) in [4.78, 5) is 42.0. The molecule has 0 aliphatic carbocycles. The van der Waals surface area contributed by atoms with Crippen LogP contribution >= 0.6 is 0 Å². The lowest BCUT2D eigenvalue weighted by Crippen LogP contribution is -2.44. The lowest BCUT2D eigenvalue weighted by Gasteiger charge is -2.31. The van der Waals surface area contributed by atoms with Gasteiger partial charge in [0, 0.05) is 35.2 Å². The number of hydrogen-bond acceptors (Lipinski definition) is 9. The number of cyclic esters (lactones) is 1. The lowest BCUT2D eigenvalue weighted by molar-refractivity contribution is -0.384. The van der Waals surface area contributed by atoms with Gasteiger partial charge in [0.1, 0.15) is 12.4 Å². The maximum atomic E-state index is 13.4. The number of nitro groups is 1. The normalized spacial score (nSPS) is 17.1. The molecule has 4 heterocycles. The van der Waals surface area contributed by atoms with Gasteiger partial charge in [0.2, 0.25) is 0 Å². The summed E-state index contributed by atoms with van der Waals surface area (Å²) in [6.45, 7) is 2.14. The van der Waals surface area contributed by atoms with Gasteiger partial charge in [-0.15, -0.1) is 0 Å². The number of rotatable bonds is 7. The van der Waals surface area contributed by atoms with E-state index in [1.54, 1.807) is 26.2 Å². The van der Waals surface area contributed by atoms with Crippen molar-refractivity contribution in [1.82, 2.24) is 9.55 Å². The highest BCUT2D eigenvalue weighted by atomic mass is 16.6. The van der Waals surface area contributed by atoms with Crippen LogP contribution in [0.15, 0.2) is 53.3 Å². The van der Waals surface area contributed by atoms with E-state index in [2.05, 4.69) is 5.32 Å². The molecule has 0 unspecified atom stereocenters. The standard InChI is InChI=1S/C29H26N4O7/c1-3-29(36)22-13-24-26-18(14-32(24)27(34)21(22)15-40-28(29)35)10-17-11-19(33(37)38)12-23(25(17)31-26)30-9-8-16-4-6-20(39-2)7-5-16/h4-7,10-13,30,36H,3,8-9,14-15H2,1-2H3/t29-/m0/s1. The van der Waals surface area contributed by atoms with E-state index >= 15 is 0 Å². The Morgan fingerprint density at radius 1 is 1.20 bits per heavy atom. The van der Waals surface area contributed by atoms with Gasteiger partial charge in [-0.2, -0.15) is 0 Å². The molecule has 40 heavy (non-hydrogen) atoms. The summed E-state index contributed by atoms with van der Waals surface area (Å²) in [6.07, 6.45) is 0.709. The summed E-state index contributed by atoms with van der Waals surface area (Å²) in [5.41, 5.74) is 1.90. The van der Waals surface area contributed by atoms with Crippen LogP contribution in [0.1, 0.15) is 35.6 Å². The predicted octanol–water partition coefficient (Wildman–Crippen LogP) is 3.65. The van der Waals surface area contributed by atoms with E-state index in [1.807, 2.05) is 24.3 Å². The van der Waals surface area contributed by atoms with Crippen LogP contribution in [0.5, 0.6) is 5.75 Å². The molecule has 0 amide bonds. The molecule has 2 aromatic carbocycles. The van der Waals surface area contributed by atoms with Crippen molar-refractivity contribution in [3.05, 3.63) is 91.3 Å². The molecule has 0 spiro atoms. The second kappa shape index (κ2) is 9.45. The zero-order valence-electron chi connectivity index (χ0n) is 21.9. The van der Waals surface area contributed by atoms with E-state index in [1.165, 1.54) is 16.7 Å². The number of nitrogens with one attached hydrogen (secondary N) is 1. The molecule has 11 nitrogen and oxygen atoms in total. The molecule has 0 saturated carbocycles. The number of nitrogens with zero attached hydrogens (tertiary/aromatic N) is 3. The SMILES string of the molecule is CC[C@@]1(O)C(=O)OCc2c1cc1n(c2=O)Cc2cc3cc([N+](=O)[O-])cc(NCCc4ccc(OC)cc4)c3nc2-1. The monoisotopic (exact) mass is 542 g/mol. The molecule has 4 aromatic rings. The molecule has 0 bridgehead atoms. The van der Waals surface area contributed by atoms with E-state index in [9.17, 15) is 24.8 Å². The van der Waals surface area contributed by atoms with Crippen LogP contribution in [-0.2, 0) is 34.7 Å². The highest BCUT2D eigenvalue weighted by Crippen LogP contribution is 2.40. The van der Waals surface area contributed by atoms with Crippen molar-refractivity contribution in [2.24, 2.45) is 0 Å². The van der Waals surface area contributed by atoms with Gasteiger partial charge in [0.15, 0.2) is 5.60 Å². The van der Waals surface area contributed by atoms with Gasteiger partial charge in [-0.1, -0.05) is 19.1 Å². The first kappa shape index (κ1) is 25.5. The third kappa shape index (κ3) is 3.97. The number of carbonyl (C=O) groups excluding carboxylic acids is 1. The number of fused-ring (bicyclic) bond motifs is 5. The molecule has 0 saturated heterocycles. The second-order valence-corrected chi connectivity index (χ2v) is 9.95. The van der Waals surface area contributed by atoms with Crippen LogP contribution in [0, 0.1) is 10.1 Å². The molecule has 2 N–H and O–H groups in total. The van der Waals surface area contributed by atoms with Crippen LogP contribution < -0.4 is 15.6 Å². The zero-order chi connectivity index (χ0) is 28.2. The first-order valence-corrected chi connectivity index (χ1v) is 12.9. The molecular weight excluding hydrogens is 516 g/mol. The van der Waals surface area contributed by atoms with Gasteiger partial charge in [-0.05, 0) is 42.7 Å². The van der Waals surface area contributed by atoms with Gasteiger partial charge in [-0.3, -0.25) is 14.9 Å². The minimum atomic E-state index is -1.92. The number of methoxy groups -OCH3 is 1. The fourth-order valence-corrected chi connectivity index (χ4v) is 5.45. The molecule has 0 radical (unpaired) electrons. The first-order chi connectivity index (χ1) is 19.2. The molecule has 2 aliphatic heterocycles. The molecule has 2 aliphatic rings. The largest absolute Gasteiger partial charge is 0.497 e. The maximum Gasteiger partial charge on any atom is 0.343 e. The van der Waals surface area contributed by atoms with Crippen molar-refractivity contribution < 1.29 is 24.3 Å². The summed E-state index contributed by atoms with van der Waals surface area (Å²) in [6, 6.07) is 14.0. The Balaban J connectivity index is 1.42. The van der Waals surface area contributed by atoms with E-state index in [-0.39, 0.29) is 41.9 Å². The number of non-ortho nitro benzene ring substituents is 1. The topological polar surface area (TPSA) is 146 Å². The number of pyridine rings is 2. The Morgan fingerprint density at radius 2 is 1.98 bits per heavy atom. The average molecular weight is 543 g/mol. The van der Waals surface area contributed by atoms with E-state index in [0.717, 1.165) is 11.3 Å². The van der Waals surface area contributed by atoms with Crippen molar-refractivity contribution >= 4 is 28.2 Å². The Morgan fingerprint density at radius 3 is 2.67 bits per heavy atom. The molecule has 0 fully saturated rings. The lowest BCUT2D eigenvalue weighted by atomic mass is 9.86. The number of carbonyl (C=O) groups is 1. The number of aromatic nitrogens is 2. The number of ether oxygens (including phenoxy) is 2. The Bertz CT molecular complexity index is 1760. The van der Waals surface area contributed by atoms with E-state index in [4.69, 9.17) is 14.5 Å². The smallest absolute Gasteiger partial charge is 0.343 e. The number of esters is 1. The Kier molecular flexibility index (Phi) is 6.03. The minimum Gasteiger partial charge on any atom is -0.497 e. The molecule has 2 aromatic heterocycles. The summed E-state index contributed by atoms with van der Waals surface area (Å²) in [5.74, 6) is -0.0263. The van der Waals surface area contributed by atoms with Crippen LogP contribution in [-0.4, -0.2) is 39.2 Å². The predicted molar refractivity (Wildman–Crippen MR) is 146 cm³/mol. The van der Waals surface area contributed by atoms with Gasteiger partial charge in [0.25, 0.3) is 11.2 Å². The van der Waals surface area contributed by atoms with Crippen LogP contribution in [0.25, 0.3) is 22.3 Å². The third-order valence-corrected chi connectivity index (χ3v) is 7.69. The maximum absolute atomic E-state index is 13.4. The quantitative estimate of drug-likeness (QED) is 0.179. The van der Waals surface area contributed by atoms with Gasteiger partial charge < -0.3 is 24.5 Å². The summed E-state index contributed by atoms with van der Waals surface area (Å²) >= 11 is 0. The number of anilines is 1. The molecule has 1 atom stereocenters. The summed E-state index contributed by atoms with van der Waals surface area (Å²) in [5, 5.41) is 26.7. The van der Waals surface area contributed by atoms with Gasteiger partial charge in [0.05, 0.1) is 46.7 Å². The molecular formula is C29H26N4O7. The second-order valence-electron chi connectivity index (χ2n) is 9.95. The number of nitro benzene ring substituents is 1. The van der Waals surface area contributed by atoms with Crippen molar-refractivity contribution in [3.8, 4) is 17.1 Å². The van der Waals surface area contributed by atoms with E-state index in [0.29, 0.717) is 46.5 Å². The highest BCUT2D eigenvalue weighted by molar-refractivity contribution is 5.95. The molecule has 6 rings (SSSR count). The van der Waals surface area contributed by atoms with E-state index < -0.39 is 16.5 Å². The zero-order valence-corrected chi connectivity index (χ0v) is 21.9. The number of benzene rings is 2. The number of aliphatic hydroxyl groups is 1. The van der Waals surface area contributed by atoms with Crippen LogP contribution in [0.2, 0.25) is 0 Å². The molecule has 11 heteroatoms. The average Bonchev–Trinajstić information content (AvgIpc) is 3.32. The summed E-state index contributed by atoms with van der Waals surface area (Å²) < 4.78 is 11.9. The van der Waals surface area contributed by atoms with Crippen molar-refractivity contribution in [3.63, 3.8) is 0 Å². The highest BCUT2D eigenvalue weighted by Gasteiger charge is 2.45. The van der Waals surface area contributed by atoms with Crippen LogP contribution in [0.4, 0.5) is 11.4 Å². The van der Waals surface area contributed by atoms with Gasteiger partial charge >= 0.3 is 5.97 Å².